The molecular weight excluding hydrogens is 394 g/mol. The minimum atomic E-state index is -0.600. The summed E-state index contributed by atoms with van der Waals surface area (Å²) in [5.74, 6) is 0.937. The summed E-state index contributed by atoms with van der Waals surface area (Å²) >= 11 is 0. The van der Waals surface area contributed by atoms with Gasteiger partial charge in [-0.05, 0) is 50.7 Å². The maximum atomic E-state index is 13.1. The molecular formula is C24H23N3O4. The number of amides is 1. The lowest BCUT2D eigenvalue weighted by atomic mass is 9.76. The van der Waals surface area contributed by atoms with Gasteiger partial charge in [0.2, 0.25) is 0 Å². The van der Waals surface area contributed by atoms with Crippen molar-refractivity contribution in [2.45, 2.75) is 49.9 Å². The molecule has 1 N–H and O–H groups in total. The molecule has 158 valence electrons. The highest BCUT2D eigenvalue weighted by Crippen LogP contribution is 2.46. The van der Waals surface area contributed by atoms with Crippen LogP contribution in [0.4, 0.5) is 0 Å². The fraction of sp³-hybridized carbons (Fsp3) is 0.417. The second-order valence-corrected chi connectivity index (χ2v) is 9.11. The van der Waals surface area contributed by atoms with E-state index in [1.165, 1.54) is 0 Å². The van der Waals surface area contributed by atoms with E-state index in [4.69, 9.17) is 9.40 Å². The molecule has 1 amide bonds. The highest BCUT2D eigenvalue weighted by molar-refractivity contribution is 5.96. The number of benzene rings is 1. The van der Waals surface area contributed by atoms with E-state index >= 15 is 0 Å². The summed E-state index contributed by atoms with van der Waals surface area (Å²) in [7, 11) is 0. The van der Waals surface area contributed by atoms with Gasteiger partial charge in [0.25, 0.3) is 11.5 Å². The molecule has 1 saturated carbocycles. The number of hydrogen-bond acceptors (Lipinski definition) is 5. The molecule has 3 aromatic rings. The van der Waals surface area contributed by atoms with Crippen LogP contribution in [0.2, 0.25) is 0 Å². The van der Waals surface area contributed by atoms with Crippen LogP contribution in [0, 0.1) is 0 Å². The van der Waals surface area contributed by atoms with Gasteiger partial charge in [0.05, 0.1) is 5.69 Å². The molecule has 3 aliphatic rings. The molecule has 0 unspecified atom stereocenters. The van der Waals surface area contributed by atoms with Gasteiger partial charge < -0.3 is 14.3 Å². The van der Waals surface area contributed by atoms with Crippen LogP contribution in [0.3, 0.4) is 0 Å². The number of aromatic amines is 1. The third-order valence-electron chi connectivity index (χ3n) is 7.23. The van der Waals surface area contributed by atoms with E-state index in [1.807, 2.05) is 12.1 Å². The fourth-order valence-electron chi connectivity index (χ4n) is 5.22. The number of carbonyl (C=O) groups is 1. The van der Waals surface area contributed by atoms with Gasteiger partial charge in [-0.25, -0.2) is 9.78 Å². The van der Waals surface area contributed by atoms with E-state index in [9.17, 15) is 14.4 Å². The van der Waals surface area contributed by atoms with Crippen molar-refractivity contribution in [3.8, 4) is 0 Å². The van der Waals surface area contributed by atoms with Crippen molar-refractivity contribution in [3.05, 3.63) is 73.8 Å². The SMILES string of the molecule is O=C(c1cc2ccccc2oc1=O)N1CCC2(CCc3c2nc(C2CC2)[nH]c3=O)CC1. The zero-order chi connectivity index (χ0) is 21.2. The Hall–Kier alpha value is -3.22. The molecule has 2 aliphatic carbocycles. The first kappa shape index (κ1) is 18.5. The average Bonchev–Trinajstić information content (AvgIpc) is 3.57. The van der Waals surface area contributed by atoms with E-state index in [2.05, 4.69) is 4.98 Å². The van der Waals surface area contributed by atoms with E-state index in [0.717, 1.165) is 61.0 Å². The maximum absolute atomic E-state index is 13.1. The average molecular weight is 417 g/mol. The molecule has 0 radical (unpaired) electrons. The summed E-state index contributed by atoms with van der Waals surface area (Å²) in [4.78, 5) is 47.7. The summed E-state index contributed by atoms with van der Waals surface area (Å²) in [5.41, 5.74) is 1.60. The zero-order valence-electron chi connectivity index (χ0n) is 17.1. The van der Waals surface area contributed by atoms with Crippen LogP contribution < -0.4 is 11.2 Å². The number of piperidine rings is 1. The monoisotopic (exact) mass is 417 g/mol. The van der Waals surface area contributed by atoms with E-state index in [-0.39, 0.29) is 22.4 Å². The number of para-hydroxylation sites is 1. The molecule has 2 fully saturated rings. The summed E-state index contributed by atoms with van der Waals surface area (Å²) in [6.07, 6.45) is 5.32. The number of nitrogens with zero attached hydrogens (tertiary/aromatic N) is 2. The Morgan fingerprint density at radius 1 is 1.13 bits per heavy atom. The fourth-order valence-corrected chi connectivity index (χ4v) is 5.22. The Balaban J connectivity index is 1.27. The van der Waals surface area contributed by atoms with Gasteiger partial charge in [0.15, 0.2) is 0 Å². The number of nitrogens with one attached hydrogen (secondary N) is 1. The predicted octanol–water partition coefficient (Wildman–Crippen LogP) is 2.87. The van der Waals surface area contributed by atoms with Gasteiger partial charge >= 0.3 is 5.63 Å². The predicted molar refractivity (Wildman–Crippen MR) is 114 cm³/mol. The van der Waals surface area contributed by atoms with Crippen LogP contribution in [0.1, 0.15) is 65.5 Å². The minimum absolute atomic E-state index is 0.0102. The zero-order valence-corrected chi connectivity index (χ0v) is 17.1. The van der Waals surface area contributed by atoms with Crippen LogP contribution >= 0.6 is 0 Å². The number of fused-ring (bicyclic) bond motifs is 3. The van der Waals surface area contributed by atoms with Gasteiger partial charge in [-0.15, -0.1) is 0 Å². The van der Waals surface area contributed by atoms with Crippen LogP contribution in [-0.2, 0) is 11.8 Å². The Kier molecular flexibility index (Phi) is 3.97. The quantitative estimate of drug-likeness (QED) is 0.647. The molecule has 1 spiro atoms. The minimum Gasteiger partial charge on any atom is -0.422 e. The highest BCUT2D eigenvalue weighted by Gasteiger charge is 2.45. The van der Waals surface area contributed by atoms with E-state index in [1.54, 1.807) is 23.1 Å². The van der Waals surface area contributed by atoms with Gasteiger partial charge in [-0.1, -0.05) is 18.2 Å². The highest BCUT2D eigenvalue weighted by atomic mass is 16.4. The van der Waals surface area contributed by atoms with Crippen molar-refractivity contribution < 1.29 is 9.21 Å². The molecule has 3 heterocycles. The van der Waals surface area contributed by atoms with Crippen molar-refractivity contribution in [2.24, 2.45) is 0 Å². The molecule has 1 aromatic carbocycles. The van der Waals surface area contributed by atoms with E-state index in [0.29, 0.717) is 24.6 Å². The van der Waals surface area contributed by atoms with Gasteiger partial charge in [-0.2, -0.15) is 0 Å². The largest absolute Gasteiger partial charge is 0.422 e. The van der Waals surface area contributed by atoms with Crippen LogP contribution in [-0.4, -0.2) is 33.9 Å². The number of likely N-dealkylation sites (tertiary alicyclic amines) is 1. The molecule has 1 aliphatic heterocycles. The number of hydrogen-bond donors (Lipinski definition) is 1. The summed E-state index contributed by atoms with van der Waals surface area (Å²) in [5, 5.41) is 0.736. The smallest absolute Gasteiger partial charge is 0.349 e. The van der Waals surface area contributed by atoms with E-state index < -0.39 is 5.63 Å². The molecule has 0 atom stereocenters. The Morgan fingerprint density at radius 2 is 1.90 bits per heavy atom. The Bertz CT molecular complexity index is 1330. The van der Waals surface area contributed by atoms with Crippen LogP contribution in [0.15, 0.2) is 44.3 Å². The Labute approximate surface area is 178 Å². The molecule has 7 nitrogen and oxygen atoms in total. The summed E-state index contributed by atoms with van der Waals surface area (Å²) in [6, 6.07) is 8.82. The third-order valence-corrected chi connectivity index (χ3v) is 7.23. The number of H-pyrrole nitrogens is 1. The number of aromatic nitrogens is 2. The lowest BCUT2D eigenvalue weighted by molar-refractivity contribution is 0.0659. The maximum Gasteiger partial charge on any atom is 0.349 e. The van der Waals surface area contributed by atoms with Gasteiger partial charge in [0, 0.05) is 35.4 Å². The van der Waals surface area contributed by atoms with Crippen LogP contribution in [0.25, 0.3) is 11.0 Å². The molecule has 6 rings (SSSR count). The Morgan fingerprint density at radius 3 is 2.68 bits per heavy atom. The standard InChI is InChI=1S/C24H23N3O4/c28-21-16-7-8-24(19(16)25-20(26-21)14-5-6-14)9-11-27(12-10-24)22(29)17-13-15-3-1-2-4-18(15)31-23(17)30/h1-4,13-14H,5-12H2,(H,25,26,28). The second kappa shape index (κ2) is 6.64. The molecule has 31 heavy (non-hydrogen) atoms. The van der Waals surface area contributed by atoms with Crippen molar-refractivity contribution in [1.82, 2.24) is 14.9 Å². The molecule has 7 heteroatoms. The summed E-state index contributed by atoms with van der Waals surface area (Å²) < 4.78 is 5.35. The van der Waals surface area contributed by atoms with Gasteiger partial charge in [0.1, 0.15) is 17.0 Å². The van der Waals surface area contributed by atoms with Gasteiger partial charge in [-0.3, -0.25) is 9.59 Å². The molecule has 1 saturated heterocycles. The number of rotatable bonds is 2. The second-order valence-electron chi connectivity index (χ2n) is 9.11. The first-order valence-corrected chi connectivity index (χ1v) is 11.0. The van der Waals surface area contributed by atoms with Crippen molar-refractivity contribution >= 4 is 16.9 Å². The summed E-state index contributed by atoms with van der Waals surface area (Å²) in [6.45, 7) is 1.08. The van der Waals surface area contributed by atoms with Crippen molar-refractivity contribution in [1.29, 1.82) is 0 Å². The lowest BCUT2D eigenvalue weighted by Crippen LogP contribution is -2.45. The number of carbonyl (C=O) groups excluding carboxylic acids is 1. The lowest BCUT2D eigenvalue weighted by Gasteiger charge is -2.39. The third kappa shape index (κ3) is 2.94. The molecule has 0 bridgehead atoms. The first-order chi connectivity index (χ1) is 15.0. The molecule has 2 aromatic heterocycles. The van der Waals surface area contributed by atoms with Crippen molar-refractivity contribution in [2.75, 3.05) is 13.1 Å². The normalized spacial score (nSPS) is 19.7. The van der Waals surface area contributed by atoms with Crippen molar-refractivity contribution in [3.63, 3.8) is 0 Å². The van der Waals surface area contributed by atoms with Crippen LogP contribution in [0.5, 0.6) is 0 Å². The topological polar surface area (TPSA) is 96.3 Å². The first-order valence-electron chi connectivity index (χ1n) is 11.0.